The Balaban J connectivity index is 1.40. The molecule has 2 aliphatic heterocycles. The van der Waals surface area contributed by atoms with Crippen LogP contribution in [0.2, 0.25) is 0 Å². The first kappa shape index (κ1) is 18.2. The number of nitrogens with zero attached hydrogens (tertiary/aromatic N) is 3. The van der Waals surface area contributed by atoms with Gasteiger partial charge in [0.1, 0.15) is 5.75 Å². The maximum Gasteiger partial charge on any atom is 0.223 e. The van der Waals surface area contributed by atoms with E-state index in [1.54, 1.807) is 13.2 Å². The Bertz CT molecular complexity index is 573. The lowest BCUT2D eigenvalue weighted by atomic mass is 10.1. The van der Waals surface area contributed by atoms with Crippen molar-refractivity contribution in [3.05, 3.63) is 29.8 Å². The van der Waals surface area contributed by atoms with Gasteiger partial charge in [0.25, 0.3) is 0 Å². The molecule has 0 radical (unpaired) electrons. The van der Waals surface area contributed by atoms with Crippen LogP contribution in [0.4, 0.5) is 0 Å². The Morgan fingerprint density at radius 2 is 1.96 bits per heavy atom. The van der Waals surface area contributed by atoms with E-state index in [0.717, 1.165) is 51.4 Å². The standard InChI is InChI=1S/C19H29N3O3/c1-25-10-9-22-15-17(12-19(22)24)14-21-7-5-20(6-8-21)13-16-3-2-4-18(23)11-16/h2-4,11,17,23H,5-10,12-15H2,1H3/t17-/m1/s1. The molecule has 6 heteroatoms. The van der Waals surface area contributed by atoms with Crippen LogP contribution < -0.4 is 0 Å². The third-order valence-electron chi connectivity index (χ3n) is 5.16. The van der Waals surface area contributed by atoms with Gasteiger partial charge in [0.05, 0.1) is 6.61 Å². The molecule has 1 aromatic carbocycles. The number of carbonyl (C=O) groups excluding carboxylic acids is 1. The van der Waals surface area contributed by atoms with Crippen molar-refractivity contribution in [1.82, 2.24) is 14.7 Å². The Morgan fingerprint density at radius 1 is 1.20 bits per heavy atom. The minimum absolute atomic E-state index is 0.268. The Labute approximate surface area is 150 Å². The van der Waals surface area contributed by atoms with E-state index >= 15 is 0 Å². The molecule has 1 aromatic rings. The first-order chi connectivity index (χ1) is 12.1. The van der Waals surface area contributed by atoms with Crippen molar-refractivity contribution in [2.24, 2.45) is 5.92 Å². The van der Waals surface area contributed by atoms with Crippen LogP contribution in [0.15, 0.2) is 24.3 Å². The van der Waals surface area contributed by atoms with Crippen LogP contribution in [-0.2, 0) is 16.1 Å². The summed E-state index contributed by atoms with van der Waals surface area (Å²) in [5.41, 5.74) is 1.16. The van der Waals surface area contributed by atoms with Crippen molar-refractivity contribution in [2.75, 3.05) is 59.5 Å². The van der Waals surface area contributed by atoms with Crippen LogP contribution in [0.25, 0.3) is 0 Å². The molecule has 0 unspecified atom stereocenters. The zero-order chi connectivity index (χ0) is 17.6. The monoisotopic (exact) mass is 347 g/mol. The van der Waals surface area contributed by atoms with Gasteiger partial charge in [-0.25, -0.2) is 0 Å². The highest BCUT2D eigenvalue weighted by Gasteiger charge is 2.31. The van der Waals surface area contributed by atoms with Crippen molar-refractivity contribution >= 4 is 5.91 Å². The number of hydrogen-bond acceptors (Lipinski definition) is 5. The predicted octanol–water partition coefficient (Wildman–Crippen LogP) is 1.00. The second-order valence-corrected chi connectivity index (χ2v) is 7.15. The number of amides is 1. The van der Waals surface area contributed by atoms with E-state index in [1.165, 1.54) is 0 Å². The molecule has 2 heterocycles. The first-order valence-corrected chi connectivity index (χ1v) is 9.13. The van der Waals surface area contributed by atoms with Gasteiger partial charge >= 0.3 is 0 Å². The number of methoxy groups -OCH3 is 1. The van der Waals surface area contributed by atoms with E-state index in [2.05, 4.69) is 15.9 Å². The van der Waals surface area contributed by atoms with Gasteiger partial charge in [0.15, 0.2) is 0 Å². The fourth-order valence-corrected chi connectivity index (χ4v) is 3.80. The maximum absolute atomic E-state index is 12.0. The minimum atomic E-state index is 0.268. The van der Waals surface area contributed by atoms with Gasteiger partial charge in [0.2, 0.25) is 5.91 Å². The molecule has 0 spiro atoms. The largest absolute Gasteiger partial charge is 0.508 e. The lowest BCUT2D eigenvalue weighted by Gasteiger charge is -2.35. The summed E-state index contributed by atoms with van der Waals surface area (Å²) < 4.78 is 5.08. The fourth-order valence-electron chi connectivity index (χ4n) is 3.80. The molecule has 0 aliphatic carbocycles. The zero-order valence-electron chi connectivity index (χ0n) is 15.1. The van der Waals surface area contributed by atoms with E-state index in [9.17, 15) is 9.90 Å². The number of phenols is 1. The van der Waals surface area contributed by atoms with Gasteiger partial charge in [0, 0.05) is 65.9 Å². The molecule has 1 N–H and O–H groups in total. The van der Waals surface area contributed by atoms with Gasteiger partial charge in [-0.1, -0.05) is 12.1 Å². The Morgan fingerprint density at radius 3 is 2.68 bits per heavy atom. The van der Waals surface area contributed by atoms with Crippen LogP contribution in [-0.4, -0.2) is 85.2 Å². The summed E-state index contributed by atoms with van der Waals surface area (Å²) in [6, 6.07) is 7.50. The summed E-state index contributed by atoms with van der Waals surface area (Å²) >= 11 is 0. The molecule has 25 heavy (non-hydrogen) atoms. The lowest BCUT2D eigenvalue weighted by molar-refractivity contribution is -0.128. The third-order valence-corrected chi connectivity index (χ3v) is 5.16. The molecule has 2 saturated heterocycles. The first-order valence-electron chi connectivity index (χ1n) is 9.13. The van der Waals surface area contributed by atoms with Crippen LogP contribution in [0.1, 0.15) is 12.0 Å². The molecule has 0 aromatic heterocycles. The van der Waals surface area contributed by atoms with E-state index in [0.29, 0.717) is 31.2 Å². The van der Waals surface area contributed by atoms with Crippen molar-refractivity contribution in [2.45, 2.75) is 13.0 Å². The minimum Gasteiger partial charge on any atom is -0.508 e. The molecular formula is C19H29N3O3. The van der Waals surface area contributed by atoms with Crippen molar-refractivity contribution in [3.8, 4) is 5.75 Å². The Hall–Kier alpha value is -1.63. The lowest BCUT2D eigenvalue weighted by Crippen LogP contribution is -2.47. The van der Waals surface area contributed by atoms with E-state index in [-0.39, 0.29) is 5.91 Å². The normalized spacial score (nSPS) is 22.7. The van der Waals surface area contributed by atoms with Crippen molar-refractivity contribution in [3.63, 3.8) is 0 Å². The molecule has 138 valence electrons. The van der Waals surface area contributed by atoms with Crippen molar-refractivity contribution in [1.29, 1.82) is 0 Å². The van der Waals surface area contributed by atoms with Crippen molar-refractivity contribution < 1.29 is 14.6 Å². The number of rotatable bonds is 7. The number of aromatic hydroxyl groups is 1. The Kier molecular flexibility index (Phi) is 6.29. The summed E-state index contributed by atoms with van der Waals surface area (Å²) in [4.78, 5) is 18.9. The third kappa shape index (κ3) is 5.17. The fraction of sp³-hybridized carbons (Fsp3) is 0.632. The van der Waals surface area contributed by atoms with Crippen LogP contribution in [0.5, 0.6) is 5.75 Å². The maximum atomic E-state index is 12.0. The average Bonchev–Trinajstić information content (AvgIpc) is 2.94. The van der Waals surface area contributed by atoms with Crippen LogP contribution >= 0.6 is 0 Å². The molecule has 0 saturated carbocycles. The number of hydrogen-bond donors (Lipinski definition) is 1. The number of carbonyl (C=O) groups is 1. The smallest absolute Gasteiger partial charge is 0.223 e. The number of likely N-dealkylation sites (tertiary alicyclic amines) is 1. The topological polar surface area (TPSA) is 56.3 Å². The highest BCUT2D eigenvalue weighted by Crippen LogP contribution is 2.20. The van der Waals surface area contributed by atoms with Crippen LogP contribution in [0.3, 0.4) is 0 Å². The summed E-state index contributed by atoms with van der Waals surface area (Å²) in [6.07, 6.45) is 0.674. The highest BCUT2D eigenvalue weighted by atomic mass is 16.5. The molecule has 0 bridgehead atoms. The van der Waals surface area contributed by atoms with E-state index in [4.69, 9.17) is 4.74 Å². The molecule has 6 nitrogen and oxygen atoms in total. The summed E-state index contributed by atoms with van der Waals surface area (Å²) in [5, 5.41) is 9.57. The summed E-state index contributed by atoms with van der Waals surface area (Å²) in [5.74, 6) is 1.05. The SMILES string of the molecule is COCCN1C[C@@H](CN2CCN(Cc3cccc(O)c3)CC2)CC1=O. The molecule has 3 rings (SSSR count). The van der Waals surface area contributed by atoms with Gasteiger partial charge in [-0.2, -0.15) is 0 Å². The number of benzene rings is 1. The average molecular weight is 347 g/mol. The number of piperazine rings is 1. The zero-order valence-corrected chi connectivity index (χ0v) is 15.1. The molecule has 1 amide bonds. The number of phenolic OH excluding ortho intramolecular Hbond substituents is 1. The van der Waals surface area contributed by atoms with Gasteiger partial charge in [-0.15, -0.1) is 0 Å². The highest BCUT2D eigenvalue weighted by molar-refractivity contribution is 5.78. The molecule has 1 atom stereocenters. The predicted molar refractivity (Wildman–Crippen MR) is 96.4 cm³/mol. The van der Waals surface area contributed by atoms with Crippen LogP contribution in [0, 0.1) is 5.92 Å². The second kappa shape index (κ2) is 8.65. The number of ether oxygens (including phenoxy) is 1. The molecule has 2 aliphatic rings. The second-order valence-electron chi connectivity index (χ2n) is 7.15. The molecule has 2 fully saturated rings. The van der Waals surface area contributed by atoms with E-state index in [1.807, 2.05) is 17.0 Å². The van der Waals surface area contributed by atoms with E-state index < -0.39 is 0 Å². The molecular weight excluding hydrogens is 318 g/mol. The summed E-state index contributed by atoms with van der Waals surface area (Å²) in [6.45, 7) is 8.24. The quantitative estimate of drug-likeness (QED) is 0.798. The van der Waals surface area contributed by atoms with Gasteiger partial charge in [-0.3, -0.25) is 9.69 Å². The van der Waals surface area contributed by atoms with Gasteiger partial charge in [-0.05, 0) is 23.6 Å². The summed E-state index contributed by atoms with van der Waals surface area (Å²) in [7, 11) is 1.67. The van der Waals surface area contributed by atoms with Gasteiger partial charge < -0.3 is 19.6 Å².